The molecule has 1 unspecified atom stereocenters. The van der Waals surface area contributed by atoms with Crippen molar-refractivity contribution in [3.63, 3.8) is 0 Å². The van der Waals surface area contributed by atoms with Gasteiger partial charge in [0.05, 0.1) is 18.7 Å². The van der Waals surface area contributed by atoms with Gasteiger partial charge in [0.15, 0.2) is 0 Å². The number of anilines is 2. The maximum absolute atomic E-state index is 13.6. The quantitative estimate of drug-likeness (QED) is 0.124. The number of hydrogen-bond acceptors (Lipinski definition) is 6. The number of ketones is 1. The minimum absolute atomic E-state index is 0.0171. The molecule has 0 saturated carbocycles. The second-order valence-electron chi connectivity index (χ2n) is 10.4. The summed E-state index contributed by atoms with van der Waals surface area (Å²) in [6, 6.07) is 29.0. The van der Waals surface area contributed by atoms with E-state index in [1.54, 1.807) is 43.5 Å². The van der Waals surface area contributed by atoms with Crippen molar-refractivity contribution < 1.29 is 24.2 Å². The molecular weight excluding hydrogens is 540 g/mol. The summed E-state index contributed by atoms with van der Waals surface area (Å²) in [5.74, 6) is -0.454. The first-order valence-corrected chi connectivity index (χ1v) is 14.4. The van der Waals surface area contributed by atoms with Crippen molar-refractivity contribution in [2.45, 2.75) is 33.4 Å². The highest BCUT2D eigenvalue weighted by Gasteiger charge is 2.47. The van der Waals surface area contributed by atoms with Gasteiger partial charge in [-0.15, -0.1) is 0 Å². The number of ether oxygens (including phenoxy) is 2. The van der Waals surface area contributed by atoms with Gasteiger partial charge in [-0.25, -0.2) is 0 Å². The molecule has 1 atom stereocenters. The van der Waals surface area contributed by atoms with Gasteiger partial charge in [0.25, 0.3) is 11.7 Å². The number of carbonyl (C=O) groups excluding carboxylic acids is 2. The van der Waals surface area contributed by atoms with Gasteiger partial charge >= 0.3 is 0 Å². The monoisotopic (exact) mass is 576 g/mol. The van der Waals surface area contributed by atoms with E-state index in [9.17, 15) is 14.7 Å². The zero-order chi connectivity index (χ0) is 30.5. The molecule has 0 spiro atoms. The van der Waals surface area contributed by atoms with Crippen molar-refractivity contribution in [2.75, 3.05) is 30.0 Å². The van der Waals surface area contributed by atoms with Gasteiger partial charge in [-0.05, 0) is 92.1 Å². The largest absolute Gasteiger partial charge is 0.507 e. The third-order valence-corrected chi connectivity index (χ3v) is 7.80. The van der Waals surface area contributed by atoms with Gasteiger partial charge in [0.2, 0.25) is 0 Å². The molecule has 0 bridgehead atoms. The van der Waals surface area contributed by atoms with E-state index in [2.05, 4.69) is 18.7 Å². The standard InChI is InChI=1S/C36H36N2O5/c1-5-37(6-2)28-16-18-29(19-17-28)38-33(26-13-10-14-30(22-26)42-4)32(35(40)36(38)41)34(39)27-15-20-31(24(3)21-27)43-23-25-11-8-7-9-12-25/h7-22,33,39H,5-6,23H2,1-4H3/b34-32-. The smallest absolute Gasteiger partial charge is 0.300 e. The fraction of sp³-hybridized carbons (Fsp3) is 0.222. The van der Waals surface area contributed by atoms with Crippen LogP contribution in [-0.4, -0.2) is 37.0 Å². The highest BCUT2D eigenvalue weighted by Crippen LogP contribution is 2.43. The van der Waals surface area contributed by atoms with Crippen LogP contribution < -0.4 is 19.3 Å². The minimum atomic E-state index is -0.858. The second-order valence-corrected chi connectivity index (χ2v) is 10.4. The summed E-state index contributed by atoms with van der Waals surface area (Å²) in [6.07, 6.45) is 0. The molecule has 7 nitrogen and oxygen atoms in total. The maximum atomic E-state index is 13.6. The van der Waals surface area contributed by atoms with Crippen LogP contribution in [0.25, 0.3) is 5.76 Å². The van der Waals surface area contributed by atoms with Crippen molar-refractivity contribution in [3.05, 3.63) is 125 Å². The van der Waals surface area contributed by atoms with E-state index in [0.717, 1.165) is 29.9 Å². The van der Waals surface area contributed by atoms with Crippen molar-refractivity contribution in [1.82, 2.24) is 0 Å². The number of nitrogens with zero attached hydrogens (tertiary/aromatic N) is 2. The molecule has 1 aliphatic rings. The van der Waals surface area contributed by atoms with Gasteiger partial charge in [-0.1, -0.05) is 42.5 Å². The summed E-state index contributed by atoms with van der Waals surface area (Å²) in [7, 11) is 1.56. The molecule has 5 rings (SSSR count). The Bertz CT molecular complexity index is 1640. The molecule has 4 aromatic rings. The molecule has 1 amide bonds. The minimum Gasteiger partial charge on any atom is -0.507 e. The molecule has 1 fully saturated rings. The predicted molar refractivity (Wildman–Crippen MR) is 170 cm³/mol. The average molecular weight is 577 g/mol. The number of methoxy groups -OCH3 is 1. The first-order valence-electron chi connectivity index (χ1n) is 14.4. The molecule has 0 aliphatic carbocycles. The summed E-state index contributed by atoms with van der Waals surface area (Å²) in [4.78, 5) is 30.9. The van der Waals surface area contributed by atoms with Gasteiger partial charge in [0, 0.05) is 30.0 Å². The third kappa shape index (κ3) is 5.97. The zero-order valence-electron chi connectivity index (χ0n) is 24.9. The lowest BCUT2D eigenvalue weighted by atomic mass is 9.94. The number of aliphatic hydroxyl groups excluding tert-OH is 1. The number of Topliss-reactive ketones (excluding diaryl/α,β-unsaturated/α-hetero) is 1. The van der Waals surface area contributed by atoms with E-state index < -0.39 is 17.7 Å². The SMILES string of the molecule is CCN(CC)c1ccc(N2C(=O)C(=O)/C(=C(\O)c3ccc(OCc4ccccc4)c(C)c3)C2c2cccc(OC)c2)cc1. The van der Waals surface area contributed by atoms with Crippen LogP contribution in [0.4, 0.5) is 11.4 Å². The van der Waals surface area contributed by atoms with Crippen LogP contribution in [0, 0.1) is 6.92 Å². The van der Waals surface area contributed by atoms with E-state index in [0.29, 0.717) is 34.9 Å². The summed E-state index contributed by atoms with van der Waals surface area (Å²) in [5, 5.41) is 11.6. The summed E-state index contributed by atoms with van der Waals surface area (Å²) >= 11 is 0. The summed E-state index contributed by atoms with van der Waals surface area (Å²) in [5.41, 5.74) is 4.50. The highest BCUT2D eigenvalue weighted by atomic mass is 16.5. The van der Waals surface area contributed by atoms with Crippen LogP contribution in [-0.2, 0) is 16.2 Å². The Morgan fingerprint density at radius 1 is 0.884 bits per heavy atom. The van der Waals surface area contributed by atoms with E-state index in [1.807, 2.05) is 67.6 Å². The number of rotatable bonds is 10. The lowest BCUT2D eigenvalue weighted by Gasteiger charge is -2.27. The topological polar surface area (TPSA) is 79.3 Å². The lowest BCUT2D eigenvalue weighted by Crippen LogP contribution is -2.29. The van der Waals surface area contributed by atoms with Gasteiger partial charge in [-0.3, -0.25) is 14.5 Å². The number of benzene rings is 4. The molecule has 1 N–H and O–H groups in total. The molecule has 43 heavy (non-hydrogen) atoms. The molecule has 1 saturated heterocycles. The van der Waals surface area contributed by atoms with E-state index in [4.69, 9.17) is 9.47 Å². The highest BCUT2D eigenvalue weighted by molar-refractivity contribution is 6.51. The molecule has 1 heterocycles. The third-order valence-electron chi connectivity index (χ3n) is 7.80. The van der Waals surface area contributed by atoms with Gasteiger partial charge in [-0.2, -0.15) is 0 Å². The Kier molecular flexibility index (Phi) is 8.81. The molecule has 7 heteroatoms. The Morgan fingerprint density at radius 3 is 2.26 bits per heavy atom. The van der Waals surface area contributed by atoms with Crippen molar-refractivity contribution in [2.24, 2.45) is 0 Å². The van der Waals surface area contributed by atoms with Crippen LogP contribution >= 0.6 is 0 Å². The second kappa shape index (κ2) is 12.9. The average Bonchev–Trinajstić information content (AvgIpc) is 3.31. The normalized spacial score (nSPS) is 15.9. The molecule has 0 radical (unpaired) electrons. The Labute approximate surface area is 252 Å². The first kappa shape index (κ1) is 29.5. The van der Waals surface area contributed by atoms with Crippen molar-refractivity contribution in [3.8, 4) is 11.5 Å². The number of carbonyl (C=O) groups is 2. The van der Waals surface area contributed by atoms with E-state index >= 15 is 0 Å². The number of amides is 1. The number of hydrogen-bond donors (Lipinski definition) is 1. The summed E-state index contributed by atoms with van der Waals surface area (Å²) in [6.45, 7) is 8.15. The number of aliphatic hydroxyl groups is 1. The Morgan fingerprint density at radius 2 is 1.60 bits per heavy atom. The first-order chi connectivity index (χ1) is 20.9. The van der Waals surface area contributed by atoms with Crippen LogP contribution in [0.15, 0.2) is 103 Å². The van der Waals surface area contributed by atoms with Crippen molar-refractivity contribution in [1.29, 1.82) is 0 Å². The zero-order valence-corrected chi connectivity index (χ0v) is 24.9. The van der Waals surface area contributed by atoms with Crippen LogP contribution in [0.5, 0.6) is 11.5 Å². The van der Waals surface area contributed by atoms with Gasteiger partial charge < -0.3 is 19.5 Å². The Balaban J connectivity index is 1.56. The lowest BCUT2D eigenvalue weighted by molar-refractivity contribution is -0.132. The van der Waals surface area contributed by atoms with Crippen LogP contribution in [0.2, 0.25) is 0 Å². The number of aryl methyl sites for hydroxylation is 1. The molecule has 0 aromatic heterocycles. The molecular formula is C36H36N2O5. The van der Waals surface area contributed by atoms with E-state index in [1.165, 1.54) is 4.90 Å². The maximum Gasteiger partial charge on any atom is 0.300 e. The molecule has 1 aliphatic heterocycles. The van der Waals surface area contributed by atoms with Crippen LogP contribution in [0.1, 0.15) is 42.1 Å². The predicted octanol–water partition coefficient (Wildman–Crippen LogP) is 7.06. The Hall–Kier alpha value is -5.04. The fourth-order valence-corrected chi connectivity index (χ4v) is 5.49. The van der Waals surface area contributed by atoms with E-state index in [-0.39, 0.29) is 11.3 Å². The molecule has 220 valence electrons. The van der Waals surface area contributed by atoms with Crippen LogP contribution in [0.3, 0.4) is 0 Å². The summed E-state index contributed by atoms with van der Waals surface area (Å²) < 4.78 is 11.5. The van der Waals surface area contributed by atoms with Crippen molar-refractivity contribution >= 4 is 28.8 Å². The van der Waals surface area contributed by atoms with Gasteiger partial charge in [0.1, 0.15) is 23.9 Å². The molecule has 4 aromatic carbocycles. The fourth-order valence-electron chi connectivity index (χ4n) is 5.49.